The second-order valence-electron chi connectivity index (χ2n) is 4.86. The van der Waals surface area contributed by atoms with E-state index in [0.29, 0.717) is 12.1 Å². The Kier molecular flexibility index (Phi) is 5.30. The predicted octanol–water partition coefficient (Wildman–Crippen LogP) is 4.62. The topological polar surface area (TPSA) is 29.5 Å². The summed E-state index contributed by atoms with van der Waals surface area (Å²) in [6, 6.07) is 12.4. The Labute approximate surface area is 139 Å². The molecule has 0 bridgehead atoms. The molecule has 0 N–H and O–H groups in total. The SMILES string of the molecule is CN(Cc1ccc(Br)cc1)C(=O)c1ccc(OC(F)(F)F)cc1. The van der Waals surface area contributed by atoms with Crippen LogP contribution in [0.15, 0.2) is 53.0 Å². The summed E-state index contributed by atoms with van der Waals surface area (Å²) in [5.41, 5.74) is 1.24. The maximum absolute atomic E-state index is 12.3. The van der Waals surface area contributed by atoms with Gasteiger partial charge in [0, 0.05) is 23.6 Å². The van der Waals surface area contributed by atoms with Crippen molar-refractivity contribution in [2.45, 2.75) is 12.9 Å². The highest BCUT2D eigenvalue weighted by Crippen LogP contribution is 2.23. The molecular weight excluding hydrogens is 375 g/mol. The summed E-state index contributed by atoms with van der Waals surface area (Å²) in [6.07, 6.45) is -4.75. The van der Waals surface area contributed by atoms with E-state index in [9.17, 15) is 18.0 Å². The molecule has 0 saturated heterocycles. The maximum atomic E-state index is 12.3. The van der Waals surface area contributed by atoms with Gasteiger partial charge in [0.2, 0.25) is 0 Å². The fraction of sp³-hybridized carbons (Fsp3) is 0.188. The molecule has 0 saturated carbocycles. The molecule has 0 unspecified atom stereocenters. The number of carbonyl (C=O) groups excluding carboxylic acids is 1. The van der Waals surface area contributed by atoms with E-state index in [1.165, 1.54) is 17.0 Å². The van der Waals surface area contributed by atoms with E-state index < -0.39 is 6.36 Å². The van der Waals surface area contributed by atoms with E-state index in [-0.39, 0.29) is 11.7 Å². The molecule has 0 aromatic heterocycles. The lowest BCUT2D eigenvalue weighted by atomic mass is 10.1. The van der Waals surface area contributed by atoms with Crippen molar-refractivity contribution in [3.63, 3.8) is 0 Å². The van der Waals surface area contributed by atoms with Gasteiger partial charge in [-0.2, -0.15) is 0 Å². The van der Waals surface area contributed by atoms with Crippen molar-refractivity contribution in [2.24, 2.45) is 0 Å². The average Bonchev–Trinajstić information content (AvgIpc) is 2.48. The molecule has 23 heavy (non-hydrogen) atoms. The molecule has 0 atom stereocenters. The minimum Gasteiger partial charge on any atom is -0.406 e. The van der Waals surface area contributed by atoms with Crippen LogP contribution in [0, 0.1) is 0 Å². The largest absolute Gasteiger partial charge is 0.573 e. The fourth-order valence-corrected chi connectivity index (χ4v) is 2.22. The Morgan fingerprint density at radius 2 is 1.65 bits per heavy atom. The smallest absolute Gasteiger partial charge is 0.406 e. The molecule has 122 valence electrons. The lowest BCUT2D eigenvalue weighted by Crippen LogP contribution is -2.26. The molecule has 0 aliphatic carbocycles. The van der Waals surface area contributed by atoms with E-state index >= 15 is 0 Å². The minimum absolute atomic E-state index is 0.286. The molecule has 0 radical (unpaired) electrons. The minimum atomic E-state index is -4.75. The van der Waals surface area contributed by atoms with Crippen LogP contribution in [0.1, 0.15) is 15.9 Å². The summed E-state index contributed by atoms with van der Waals surface area (Å²) in [5, 5.41) is 0. The van der Waals surface area contributed by atoms with Gasteiger partial charge in [0.25, 0.3) is 5.91 Å². The van der Waals surface area contributed by atoms with E-state index in [4.69, 9.17) is 0 Å². The molecule has 1 amide bonds. The van der Waals surface area contributed by atoms with Crippen molar-refractivity contribution in [1.82, 2.24) is 4.90 Å². The Morgan fingerprint density at radius 1 is 1.09 bits per heavy atom. The second-order valence-corrected chi connectivity index (χ2v) is 5.78. The molecule has 2 rings (SSSR count). The van der Waals surface area contributed by atoms with Crippen LogP contribution >= 0.6 is 15.9 Å². The van der Waals surface area contributed by atoms with Crippen LogP contribution in [0.2, 0.25) is 0 Å². The number of hydrogen-bond acceptors (Lipinski definition) is 2. The van der Waals surface area contributed by atoms with E-state index in [1.807, 2.05) is 24.3 Å². The van der Waals surface area contributed by atoms with Crippen molar-refractivity contribution in [3.8, 4) is 5.75 Å². The average molecular weight is 388 g/mol. The number of alkyl halides is 3. The Hall–Kier alpha value is -2.02. The lowest BCUT2D eigenvalue weighted by molar-refractivity contribution is -0.274. The third-order valence-electron chi connectivity index (χ3n) is 3.01. The Bertz CT molecular complexity index is 669. The molecule has 3 nitrogen and oxygen atoms in total. The van der Waals surface area contributed by atoms with E-state index in [1.54, 1.807) is 7.05 Å². The molecule has 2 aromatic carbocycles. The van der Waals surface area contributed by atoms with Gasteiger partial charge in [-0.05, 0) is 42.0 Å². The third-order valence-corrected chi connectivity index (χ3v) is 3.54. The second kappa shape index (κ2) is 7.04. The molecule has 0 fully saturated rings. The number of amides is 1. The predicted molar refractivity (Wildman–Crippen MR) is 83.1 cm³/mol. The van der Waals surface area contributed by atoms with Crippen LogP contribution in [0.4, 0.5) is 13.2 Å². The monoisotopic (exact) mass is 387 g/mol. The van der Waals surface area contributed by atoms with Crippen LogP contribution in [0.3, 0.4) is 0 Å². The number of hydrogen-bond donors (Lipinski definition) is 0. The van der Waals surface area contributed by atoms with Crippen LogP contribution in [-0.4, -0.2) is 24.2 Å². The highest BCUT2D eigenvalue weighted by Gasteiger charge is 2.31. The standard InChI is InChI=1S/C16H13BrF3NO2/c1-21(10-11-2-6-13(17)7-3-11)15(22)12-4-8-14(9-5-12)23-16(18,19)20/h2-9H,10H2,1H3. The molecular formula is C16H13BrF3NO2. The molecule has 0 aliphatic rings. The van der Waals surface area contributed by atoms with Gasteiger partial charge in [-0.25, -0.2) is 0 Å². The number of rotatable bonds is 4. The van der Waals surface area contributed by atoms with Crippen LogP contribution < -0.4 is 4.74 Å². The number of halogens is 4. The lowest BCUT2D eigenvalue weighted by Gasteiger charge is -2.18. The molecule has 0 aliphatic heterocycles. The third kappa shape index (κ3) is 5.28. The van der Waals surface area contributed by atoms with E-state index in [0.717, 1.165) is 22.2 Å². The molecule has 2 aromatic rings. The molecule has 0 heterocycles. The van der Waals surface area contributed by atoms with Crippen LogP contribution in [0.25, 0.3) is 0 Å². The van der Waals surface area contributed by atoms with Gasteiger partial charge in [-0.1, -0.05) is 28.1 Å². The summed E-state index contributed by atoms with van der Waals surface area (Å²) in [4.78, 5) is 13.8. The van der Waals surface area contributed by atoms with Crippen LogP contribution in [0.5, 0.6) is 5.75 Å². The summed E-state index contributed by atoms with van der Waals surface area (Å²) < 4.78 is 41.0. The molecule has 0 spiro atoms. The van der Waals surface area contributed by atoms with Gasteiger partial charge in [0.05, 0.1) is 0 Å². The summed E-state index contributed by atoms with van der Waals surface area (Å²) in [5.74, 6) is -0.643. The zero-order chi connectivity index (χ0) is 17.0. The summed E-state index contributed by atoms with van der Waals surface area (Å²) >= 11 is 3.33. The number of carbonyl (C=O) groups is 1. The number of nitrogens with zero attached hydrogens (tertiary/aromatic N) is 1. The van der Waals surface area contributed by atoms with Crippen molar-refractivity contribution < 1.29 is 22.7 Å². The fourth-order valence-electron chi connectivity index (χ4n) is 1.96. The zero-order valence-electron chi connectivity index (χ0n) is 12.1. The van der Waals surface area contributed by atoms with Gasteiger partial charge in [-0.3, -0.25) is 4.79 Å². The first-order chi connectivity index (χ1) is 10.7. The van der Waals surface area contributed by atoms with E-state index in [2.05, 4.69) is 20.7 Å². The van der Waals surface area contributed by atoms with Crippen molar-refractivity contribution in [1.29, 1.82) is 0 Å². The van der Waals surface area contributed by atoms with Crippen molar-refractivity contribution in [2.75, 3.05) is 7.05 Å². The van der Waals surface area contributed by atoms with Crippen LogP contribution in [-0.2, 0) is 6.54 Å². The van der Waals surface area contributed by atoms with Gasteiger partial charge >= 0.3 is 6.36 Å². The number of ether oxygens (including phenoxy) is 1. The quantitative estimate of drug-likeness (QED) is 0.765. The van der Waals surface area contributed by atoms with Gasteiger partial charge < -0.3 is 9.64 Å². The van der Waals surface area contributed by atoms with Crippen molar-refractivity contribution >= 4 is 21.8 Å². The normalized spacial score (nSPS) is 11.2. The van der Waals surface area contributed by atoms with Gasteiger partial charge in [-0.15, -0.1) is 13.2 Å². The summed E-state index contributed by atoms with van der Waals surface area (Å²) in [7, 11) is 1.63. The first-order valence-corrected chi connectivity index (χ1v) is 7.39. The van der Waals surface area contributed by atoms with Gasteiger partial charge in [0.15, 0.2) is 0 Å². The Balaban J connectivity index is 2.03. The highest BCUT2D eigenvalue weighted by atomic mass is 79.9. The Morgan fingerprint density at radius 3 is 2.17 bits per heavy atom. The molecule has 7 heteroatoms. The zero-order valence-corrected chi connectivity index (χ0v) is 13.7. The first kappa shape index (κ1) is 17.3. The highest BCUT2D eigenvalue weighted by molar-refractivity contribution is 9.10. The van der Waals surface area contributed by atoms with Crippen molar-refractivity contribution in [3.05, 3.63) is 64.1 Å². The number of benzene rings is 2. The maximum Gasteiger partial charge on any atom is 0.573 e. The van der Waals surface area contributed by atoms with Gasteiger partial charge in [0.1, 0.15) is 5.75 Å². The summed E-state index contributed by atoms with van der Waals surface area (Å²) in [6.45, 7) is 0.396. The first-order valence-electron chi connectivity index (χ1n) is 6.60.